The highest BCUT2D eigenvalue weighted by Gasteiger charge is 2.32. The van der Waals surface area contributed by atoms with Gasteiger partial charge in [-0.15, -0.1) is 0 Å². The number of nitrogens with one attached hydrogen (secondary N) is 2. The Bertz CT molecular complexity index is 2620. The van der Waals surface area contributed by atoms with Gasteiger partial charge in [0.05, 0.1) is 37.9 Å². The number of aliphatic hydroxyl groups excluding tert-OH is 1. The number of aryl methyl sites for hydroxylation is 1. The summed E-state index contributed by atoms with van der Waals surface area (Å²) in [5.41, 5.74) is 6.79. The van der Waals surface area contributed by atoms with E-state index in [1.165, 1.54) is 11.1 Å². The molecule has 9 rings (SSSR count). The van der Waals surface area contributed by atoms with Crippen molar-refractivity contribution in [1.82, 2.24) is 39.2 Å². The minimum absolute atomic E-state index is 0.133. The zero-order valence-electron chi connectivity index (χ0n) is 37.1. The number of nitrogens with zero attached hydrogens (tertiary/aromatic N) is 7. The molecule has 2 saturated heterocycles. The molecule has 6 heterocycles. The van der Waals surface area contributed by atoms with E-state index in [-0.39, 0.29) is 36.5 Å². The molecule has 2 aromatic carbocycles. The molecular weight excluding hydrogens is 852 g/mol. The molecule has 0 unspecified atom stereocenters. The second-order valence-corrected chi connectivity index (χ2v) is 17.8. The fourth-order valence-corrected chi connectivity index (χ4v) is 9.82. The Hall–Kier alpha value is -5.46. The number of amides is 2. The van der Waals surface area contributed by atoms with Crippen LogP contribution in [0.1, 0.15) is 74.6 Å². The number of hydrogen-bond donors (Lipinski definition) is 3. The van der Waals surface area contributed by atoms with Crippen molar-refractivity contribution in [2.24, 2.45) is 0 Å². The summed E-state index contributed by atoms with van der Waals surface area (Å²) in [5.74, 6) is -0.346. The smallest absolute Gasteiger partial charge is 0.390 e. The lowest BCUT2D eigenvalue weighted by Crippen LogP contribution is -2.46. The van der Waals surface area contributed by atoms with Gasteiger partial charge in [0.1, 0.15) is 17.3 Å². The SMILES string of the molecule is O=C1CC[C@H](n2c3cccc(CCCOCCOCCN4CCN(Cc5ccc(-c6cn(C7CCC(O)CC7)c7nc(NCCC(F)(F)F)ncc67)cc5)CC4)c3c3cccnc32)C(=O)N1. The van der Waals surface area contributed by atoms with Gasteiger partial charge in [-0.3, -0.25) is 24.7 Å². The topological polar surface area (TPSA) is 152 Å². The van der Waals surface area contributed by atoms with Crippen LogP contribution in [0.3, 0.4) is 0 Å². The zero-order valence-corrected chi connectivity index (χ0v) is 37.1. The van der Waals surface area contributed by atoms with Crippen LogP contribution in [-0.2, 0) is 32.0 Å². The van der Waals surface area contributed by atoms with Gasteiger partial charge in [0, 0.05) is 105 Å². The van der Waals surface area contributed by atoms with Crippen LogP contribution >= 0.6 is 0 Å². The molecule has 2 amide bonds. The molecule has 3 N–H and O–H groups in total. The average Bonchev–Trinajstić information content (AvgIpc) is 3.85. The Kier molecular flexibility index (Phi) is 14.3. The summed E-state index contributed by atoms with van der Waals surface area (Å²) in [7, 11) is 0. The predicted octanol–water partition coefficient (Wildman–Crippen LogP) is 7.20. The quantitative estimate of drug-likeness (QED) is 0.0593. The number of halogens is 3. The van der Waals surface area contributed by atoms with Gasteiger partial charge in [-0.2, -0.15) is 18.2 Å². The van der Waals surface area contributed by atoms with Crippen molar-refractivity contribution in [3.63, 3.8) is 0 Å². The number of imide groups is 1. The molecule has 3 fully saturated rings. The molecule has 1 atom stereocenters. The van der Waals surface area contributed by atoms with Gasteiger partial charge < -0.3 is 29.0 Å². The lowest BCUT2D eigenvalue weighted by atomic mass is 9.93. The van der Waals surface area contributed by atoms with E-state index in [0.29, 0.717) is 57.8 Å². The monoisotopic (exact) mass is 909 g/mol. The number of aliphatic hydroxyl groups is 1. The van der Waals surface area contributed by atoms with E-state index < -0.39 is 18.6 Å². The molecule has 1 aliphatic carbocycles. The van der Waals surface area contributed by atoms with E-state index in [0.717, 1.165) is 103 Å². The number of benzene rings is 2. The number of anilines is 1. The highest BCUT2D eigenvalue weighted by molar-refractivity contribution is 6.10. The first-order valence-electron chi connectivity index (χ1n) is 23.3. The molecule has 350 valence electrons. The number of rotatable bonds is 18. The summed E-state index contributed by atoms with van der Waals surface area (Å²) in [6.07, 6.45) is 5.39. The van der Waals surface area contributed by atoms with Crippen LogP contribution < -0.4 is 10.6 Å². The minimum atomic E-state index is -4.26. The van der Waals surface area contributed by atoms with E-state index in [2.05, 4.69) is 76.5 Å². The molecule has 66 heavy (non-hydrogen) atoms. The summed E-state index contributed by atoms with van der Waals surface area (Å²) in [4.78, 5) is 43.3. The van der Waals surface area contributed by atoms with Gasteiger partial charge in [0.25, 0.3) is 0 Å². The molecular formula is C49H58F3N9O5. The van der Waals surface area contributed by atoms with Crippen LogP contribution in [0.15, 0.2) is 73.2 Å². The maximum Gasteiger partial charge on any atom is 0.390 e. The van der Waals surface area contributed by atoms with Gasteiger partial charge in [-0.25, -0.2) is 9.97 Å². The molecule has 0 bridgehead atoms. The number of ether oxygens (including phenoxy) is 2. The first-order chi connectivity index (χ1) is 32.1. The average molecular weight is 910 g/mol. The predicted molar refractivity (Wildman–Crippen MR) is 246 cm³/mol. The first-order valence-corrected chi connectivity index (χ1v) is 23.3. The van der Waals surface area contributed by atoms with Crippen molar-refractivity contribution in [3.8, 4) is 11.1 Å². The Labute approximate surface area is 381 Å². The van der Waals surface area contributed by atoms with Crippen LogP contribution in [0, 0.1) is 0 Å². The standard InChI is InChI=1S/C49H58F3N9O5/c50-49(51,52)18-20-54-48-55-30-39-40(32-60(46(39)57-48)36-12-14-37(62)15-13-36)34-10-8-33(9-11-34)31-59-23-21-58(22-24-59)25-27-66-29-28-65-26-3-5-35-4-1-7-41-44(35)38-6-2-19-53-45(38)61(41)42-16-17-43(63)56-47(42)64/h1-2,4,6-11,19,30,32,36-37,42,62H,3,5,12-18,20-29,31H2,(H,54,55,57)(H,56,63,64)/t36?,37?,42-/m0/s1. The van der Waals surface area contributed by atoms with E-state index >= 15 is 0 Å². The number of hydrogen-bond acceptors (Lipinski definition) is 11. The van der Waals surface area contributed by atoms with Gasteiger partial charge in [-0.05, 0) is 79.8 Å². The van der Waals surface area contributed by atoms with Crippen LogP contribution in [0.2, 0.25) is 0 Å². The summed E-state index contributed by atoms with van der Waals surface area (Å²) in [5, 5.41) is 18.3. The van der Waals surface area contributed by atoms with Crippen molar-refractivity contribution in [2.45, 2.75) is 88.7 Å². The van der Waals surface area contributed by atoms with Crippen molar-refractivity contribution in [2.75, 3.05) is 71.0 Å². The molecule has 14 nitrogen and oxygen atoms in total. The number of alkyl halides is 3. The number of piperidine rings is 1. The highest BCUT2D eigenvalue weighted by atomic mass is 19.4. The lowest BCUT2D eigenvalue weighted by Gasteiger charge is -2.34. The number of pyridine rings is 1. The largest absolute Gasteiger partial charge is 0.393 e. The summed E-state index contributed by atoms with van der Waals surface area (Å²) in [6, 6.07) is 18.4. The van der Waals surface area contributed by atoms with Gasteiger partial charge in [-0.1, -0.05) is 36.4 Å². The van der Waals surface area contributed by atoms with Crippen molar-refractivity contribution >= 4 is 50.7 Å². The van der Waals surface area contributed by atoms with E-state index in [9.17, 15) is 27.9 Å². The summed E-state index contributed by atoms with van der Waals surface area (Å²) < 4.78 is 54.4. The number of carbonyl (C=O) groups excluding carboxylic acids is 2. The molecule has 4 aromatic heterocycles. The fourth-order valence-electron chi connectivity index (χ4n) is 9.82. The third-order valence-corrected chi connectivity index (χ3v) is 13.3. The Morgan fingerprint density at radius 1 is 0.833 bits per heavy atom. The summed E-state index contributed by atoms with van der Waals surface area (Å²) >= 11 is 0. The van der Waals surface area contributed by atoms with Crippen LogP contribution in [0.25, 0.3) is 44.1 Å². The van der Waals surface area contributed by atoms with Gasteiger partial charge in [0.15, 0.2) is 0 Å². The zero-order chi connectivity index (χ0) is 45.6. The maximum absolute atomic E-state index is 12.9. The van der Waals surface area contributed by atoms with Crippen molar-refractivity contribution in [3.05, 3.63) is 84.3 Å². The molecule has 0 radical (unpaired) electrons. The number of carbonyl (C=O) groups is 2. The Morgan fingerprint density at radius 3 is 2.38 bits per heavy atom. The first kappa shape index (κ1) is 45.7. The van der Waals surface area contributed by atoms with E-state index in [1.807, 2.05) is 28.8 Å². The Morgan fingerprint density at radius 2 is 1.61 bits per heavy atom. The molecule has 17 heteroatoms. The molecule has 1 saturated carbocycles. The normalized spacial score (nSPS) is 20.2. The third-order valence-electron chi connectivity index (χ3n) is 13.3. The number of fused-ring (bicyclic) bond motifs is 4. The molecule has 3 aliphatic rings. The lowest BCUT2D eigenvalue weighted by molar-refractivity contribution is -0.135. The van der Waals surface area contributed by atoms with Gasteiger partial charge in [0.2, 0.25) is 17.8 Å². The van der Waals surface area contributed by atoms with E-state index in [4.69, 9.17) is 9.47 Å². The van der Waals surface area contributed by atoms with Crippen molar-refractivity contribution in [1.29, 1.82) is 0 Å². The summed E-state index contributed by atoms with van der Waals surface area (Å²) in [6.45, 7) is 7.63. The van der Waals surface area contributed by atoms with Crippen LogP contribution in [0.4, 0.5) is 19.1 Å². The van der Waals surface area contributed by atoms with Crippen molar-refractivity contribution < 1.29 is 37.3 Å². The van der Waals surface area contributed by atoms with E-state index in [1.54, 1.807) is 12.4 Å². The number of aromatic nitrogens is 5. The Balaban J connectivity index is 0.699. The van der Waals surface area contributed by atoms with Gasteiger partial charge >= 0.3 is 6.18 Å². The van der Waals surface area contributed by atoms with Crippen LogP contribution in [0.5, 0.6) is 0 Å². The molecule has 2 aliphatic heterocycles. The third kappa shape index (κ3) is 10.7. The highest BCUT2D eigenvalue weighted by Crippen LogP contribution is 2.38. The second kappa shape index (κ2) is 20.6. The minimum Gasteiger partial charge on any atom is -0.393 e. The maximum atomic E-state index is 12.9. The molecule has 6 aromatic rings. The number of piperazine rings is 1. The molecule has 0 spiro atoms. The second-order valence-electron chi connectivity index (χ2n) is 17.8. The fraction of sp³-hybridized carbons (Fsp3) is 0.490. The van der Waals surface area contributed by atoms with Crippen LogP contribution in [-0.4, -0.2) is 129 Å².